The molecule has 0 heterocycles. The standard InChI is InChI=1S/C15H14ClN3O/c16-13-3-1-2-12(8-13)10-18-19-15(20)9-11-4-6-14(17)7-5-11/h1-8,10H,9,17H2,(H,19,20)/b18-10-. The summed E-state index contributed by atoms with van der Waals surface area (Å²) in [6.45, 7) is 0. The van der Waals surface area contributed by atoms with Crippen LogP contribution in [0.15, 0.2) is 53.6 Å². The van der Waals surface area contributed by atoms with E-state index < -0.39 is 0 Å². The predicted molar refractivity (Wildman–Crippen MR) is 81.7 cm³/mol. The molecule has 0 bridgehead atoms. The molecular weight excluding hydrogens is 274 g/mol. The Morgan fingerprint density at radius 1 is 1.25 bits per heavy atom. The van der Waals surface area contributed by atoms with E-state index in [4.69, 9.17) is 17.3 Å². The van der Waals surface area contributed by atoms with E-state index in [1.165, 1.54) is 0 Å². The van der Waals surface area contributed by atoms with E-state index in [0.717, 1.165) is 11.1 Å². The van der Waals surface area contributed by atoms with Crippen LogP contribution in [0.4, 0.5) is 5.69 Å². The molecule has 20 heavy (non-hydrogen) atoms. The molecule has 0 saturated heterocycles. The fourth-order valence-electron chi connectivity index (χ4n) is 1.63. The van der Waals surface area contributed by atoms with Crippen molar-refractivity contribution in [3.8, 4) is 0 Å². The van der Waals surface area contributed by atoms with E-state index in [9.17, 15) is 4.79 Å². The predicted octanol–water partition coefficient (Wildman–Crippen LogP) is 2.62. The zero-order valence-corrected chi connectivity index (χ0v) is 11.5. The van der Waals surface area contributed by atoms with Crippen LogP contribution < -0.4 is 11.2 Å². The van der Waals surface area contributed by atoms with Crippen LogP contribution in [0.1, 0.15) is 11.1 Å². The molecule has 0 atom stereocenters. The molecule has 3 N–H and O–H groups in total. The molecule has 2 aromatic rings. The lowest BCUT2D eigenvalue weighted by Gasteiger charge is -2.01. The summed E-state index contributed by atoms with van der Waals surface area (Å²) in [5.41, 5.74) is 10.4. The first-order valence-corrected chi connectivity index (χ1v) is 6.43. The highest BCUT2D eigenvalue weighted by Gasteiger charge is 2.01. The molecule has 0 aliphatic carbocycles. The van der Waals surface area contributed by atoms with Gasteiger partial charge in [-0.25, -0.2) is 5.43 Å². The second-order valence-electron chi connectivity index (χ2n) is 4.27. The van der Waals surface area contributed by atoms with Gasteiger partial charge in [0.2, 0.25) is 5.91 Å². The minimum absolute atomic E-state index is 0.187. The first-order chi connectivity index (χ1) is 9.63. The van der Waals surface area contributed by atoms with Gasteiger partial charge in [0.05, 0.1) is 12.6 Å². The largest absolute Gasteiger partial charge is 0.399 e. The molecule has 0 aliphatic heterocycles. The van der Waals surface area contributed by atoms with Gasteiger partial charge in [0, 0.05) is 10.7 Å². The van der Waals surface area contributed by atoms with Crippen LogP contribution in [0, 0.1) is 0 Å². The topological polar surface area (TPSA) is 67.5 Å². The molecule has 5 heteroatoms. The summed E-state index contributed by atoms with van der Waals surface area (Å²) >= 11 is 5.85. The lowest BCUT2D eigenvalue weighted by Crippen LogP contribution is -2.19. The molecule has 0 aliphatic rings. The van der Waals surface area contributed by atoms with Crippen LogP contribution in [-0.4, -0.2) is 12.1 Å². The van der Waals surface area contributed by atoms with Crippen LogP contribution in [0.3, 0.4) is 0 Å². The lowest BCUT2D eigenvalue weighted by atomic mass is 10.1. The molecule has 0 radical (unpaired) electrons. The summed E-state index contributed by atoms with van der Waals surface area (Å²) in [7, 11) is 0. The van der Waals surface area contributed by atoms with E-state index in [1.807, 2.05) is 24.3 Å². The fraction of sp³-hybridized carbons (Fsp3) is 0.0667. The number of nitrogens with one attached hydrogen (secondary N) is 1. The van der Waals surface area contributed by atoms with Crippen molar-refractivity contribution in [2.24, 2.45) is 5.10 Å². The number of hydrazone groups is 1. The van der Waals surface area contributed by atoms with Crippen molar-refractivity contribution < 1.29 is 4.79 Å². The van der Waals surface area contributed by atoms with Crippen LogP contribution in [0.5, 0.6) is 0 Å². The first kappa shape index (κ1) is 14.1. The number of carbonyl (C=O) groups excluding carboxylic acids is 1. The number of nitrogens with zero attached hydrogens (tertiary/aromatic N) is 1. The third kappa shape index (κ3) is 4.40. The smallest absolute Gasteiger partial charge is 0.244 e. The quantitative estimate of drug-likeness (QED) is 0.516. The Balaban J connectivity index is 1.87. The van der Waals surface area contributed by atoms with Gasteiger partial charge in [-0.2, -0.15) is 5.10 Å². The Morgan fingerprint density at radius 3 is 2.70 bits per heavy atom. The Bertz CT molecular complexity index is 623. The summed E-state index contributed by atoms with van der Waals surface area (Å²) in [5.74, 6) is -0.187. The number of carbonyl (C=O) groups is 1. The Labute approximate surface area is 122 Å². The third-order valence-corrected chi connectivity index (χ3v) is 2.83. The van der Waals surface area contributed by atoms with Crippen molar-refractivity contribution in [3.63, 3.8) is 0 Å². The van der Waals surface area contributed by atoms with Crippen molar-refractivity contribution in [3.05, 3.63) is 64.7 Å². The number of anilines is 1. The SMILES string of the molecule is Nc1ccc(CC(=O)N/N=C\c2cccc(Cl)c2)cc1. The van der Waals surface area contributed by atoms with Gasteiger partial charge < -0.3 is 5.73 Å². The van der Waals surface area contributed by atoms with Crippen molar-refractivity contribution in [2.45, 2.75) is 6.42 Å². The van der Waals surface area contributed by atoms with E-state index in [1.54, 1.807) is 30.5 Å². The minimum Gasteiger partial charge on any atom is -0.399 e. The van der Waals surface area contributed by atoms with Gasteiger partial charge in [0.25, 0.3) is 0 Å². The van der Waals surface area contributed by atoms with Gasteiger partial charge in [-0.15, -0.1) is 0 Å². The number of benzene rings is 2. The molecule has 102 valence electrons. The van der Waals surface area contributed by atoms with Crippen molar-refractivity contribution in [1.82, 2.24) is 5.43 Å². The Morgan fingerprint density at radius 2 is 2.00 bits per heavy atom. The number of nitrogen functional groups attached to an aromatic ring is 1. The zero-order chi connectivity index (χ0) is 14.4. The monoisotopic (exact) mass is 287 g/mol. The molecule has 2 rings (SSSR count). The Hall–Kier alpha value is -2.33. The maximum atomic E-state index is 11.7. The highest BCUT2D eigenvalue weighted by Crippen LogP contribution is 2.08. The van der Waals surface area contributed by atoms with Gasteiger partial charge in [-0.1, -0.05) is 35.9 Å². The van der Waals surface area contributed by atoms with Gasteiger partial charge in [-0.3, -0.25) is 4.79 Å². The number of amides is 1. The summed E-state index contributed by atoms with van der Waals surface area (Å²) in [5, 5.41) is 4.52. The average Bonchev–Trinajstić information content (AvgIpc) is 2.41. The second kappa shape index (κ2) is 6.73. The maximum absolute atomic E-state index is 11.7. The number of halogens is 1. The van der Waals surface area contributed by atoms with E-state index in [-0.39, 0.29) is 12.3 Å². The molecule has 4 nitrogen and oxygen atoms in total. The number of hydrogen-bond acceptors (Lipinski definition) is 3. The maximum Gasteiger partial charge on any atom is 0.244 e. The van der Waals surface area contributed by atoms with Gasteiger partial charge in [0.1, 0.15) is 0 Å². The van der Waals surface area contributed by atoms with Crippen molar-refractivity contribution >= 4 is 29.4 Å². The van der Waals surface area contributed by atoms with Crippen LogP contribution in [-0.2, 0) is 11.2 Å². The second-order valence-corrected chi connectivity index (χ2v) is 4.70. The van der Waals surface area contributed by atoms with Crippen LogP contribution in [0.2, 0.25) is 5.02 Å². The summed E-state index contributed by atoms with van der Waals surface area (Å²) in [6.07, 6.45) is 1.81. The highest BCUT2D eigenvalue weighted by atomic mass is 35.5. The molecular formula is C15H14ClN3O. The van der Waals surface area contributed by atoms with E-state index in [2.05, 4.69) is 10.5 Å². The lowest BCUT2D eigenvalue weighted by molar-refractivity contribution is -0.120. The van der Waals surface area contributed by atoms with Gasteiger partial charge in [0.15, 0.2) is 0 Å². The van der Waals surface area contributed by atoms with Crippen molar-refractivity contribution in [2.75, 3.05) is 5.73 Å². The molecule has 0 unspecified atom stereocenters. The molecule has 0 spiro atoms. The summed E-state index contributed by atoms with van der Waals surface area (Å²) in [4.78, 5) is 11.7. The summed E-state index contributed by atoms with van der Waals surface area (Å²) in [6, 6.07) is 14.4. The van der Waals surface area contributed by atoms with Crippen molar-refractivity contribution in [1.29, 1.82) is 0 Å². The molecule has 0 saturated carbocycles. The molecule has 0 aromatic heterocycles. The normalized spacial score (nSPS) is 10.7. The molecule has 1 amide bonds. The first-order valence-electron chi connectivity index (χ1n) is 6.05. The molecule has 0 fully saturated rings. The third-order valence-electron chi connectivity index (χ3n) is 2.60. The van der Waals surface area contributed by atoms with E-state index >= 15 is 0 Å². The minimum atomic E-state index is -0.187. The zero-order valence-electron chi connectivity index (χ0n) is 10.7. The van der Waals surface area contributed by atoms with E-state index in [0.29, 0.717) is 10.7 Å². The fourth-order valence-corrected chi connectivity index (χ4v) is 1.82. The number of rotatable bonds is 4. The van der Waals surface area contributed by atoms with Crippen LogP contribution >= 0.6 is 11.6 Å². The number of hydrogen-bond donors (Lipinski definition) is 2. The Kier molecular flexibility index (Phi) is 4.74. The average molecular weight is 288 g/mol. The van der Waals surface area contributed by atoms with Gasteiger partial charge in [-0.05, 0) is 35.4 Å². The van der Waals surface area contributed by atoms with Crippen LogP contribution in [0.25, 0.3) is 0 Å². The molecule has 2 aromatic carbocycles. The summed E-state index contributed by atoms with van der Waals surface area (Å²) < 4.78 is 0. The number of nitrogens with two attached hydrogens (primary N) is 1. The van der Waals surface area contributed by atoms with Gasteiger partial charge >= 0.3 is 0 Å². The highest BCUT2D eigenvalue weighted by molar-refractivity contribution is 6.30.